The van der Waals surface area contributed by atoms with Crippen LogP contribution in [-0.4, -0.2) is 9.97 Å². The Kier molecular flexibility index (Phi) is 4.55. The highest BCUT2D eigenvalue weighted by Gasteiger charge is 2.10. The Morgan fingerprint density at radius 1 is 1.13 bits per heavy atom. The van der Waals surface area contributed by atoms with Crippen LogP contribution in [0.2, 0.25) is 10.0 Å². The third-order valence-corrected chi connectivity index (χ3v) is 3.63. The van der Waals surface area contributed by atoms with Gasteiger partial charge in [-0.1, -0.05) is 23.2 Å². The number of nitrogens with one attached hydrogen (secondary N) is 2. The summed E-state index contributed by atoms with van der Waals surface area (Å²) in [6.45, 7) is 0.468. The van der Waals surface area contributed by atoms with E-state index in [0.29, 0.717) is 39.6 Å². The Morgan fingerprint density at radius 2 is 1.96 bits per heavy atom. The molecule has 6 nitrogen and oxygen atoms in total. The van der Waals surface area contributed by atoms with Crippen molar-refractivity contribution in [3.05, 3.63) is 58.7 Å². The summed E-state index contributed by atoms with van der Waals surface area (Å²) in [6, 6.07) is 8.79. The number of hydrogen-bond acceptors (Lipinski definition) is 6. The van der Waals surface area contributed by atoms with Crippen LogP contribution in [0.1, 0.15) is 5.76 Å². The molecular formula is C15H13Cl2N5O. The van der Waals surface area contributed by atoms with Crippen LogP contribution in [0.3, 0.4) is 0 Å². The van der Waals surface area contributed by atoms with Gasteiger partial charge in [-0.25, -0.2) is 9.97 Å². The van der Waals surface area contributed by atoms with E-state index in [4.69, 9.17) is 33.4 Å². The lowest BCUT2D eigenvalue weighted by molar-refractivity contribution is 0.518. The van der Waals surface area contributed by atoms with Gasteiger partial charge in [-0.2, -0.15) is 0 Å². The minimum Gasteiger partial charge on any atom is -0.467 e. The van der Waals surface area contributed by atoms with Gasteiger partial charge < -0.3 is 20.8 Å². The summed E-state index contributed by atoms with van der Waals surface area (Å²) in [4.78, 5) is 8.27. The van der Waals surface area contributed by atoms with Crippen molar-refractivity contribution >= 4 is 46.2 Å². The van der Waals surface area contributed by atoms with Gasteiger partial charge in [0.2, 0.25) is 0 Å². The summed E-state index contributed by atoms with van der Waals surface area (Å²) < 4.78 is 5.26. The quantitative estimate of drug-likeness (QED) is 0.635. The summed E-state index contributed by atoms with van der Waals surface area (Å²) in [5, 5.41) is 7.20. The Bertz CT molecular complexity index is 808. The van der Waals surface area contributed by atoms with Crippen LogP contribution in [0.4, 0.5) is 23.0 Å². The first-order chi connectivity index (χ1) is 11.1. The van der Waals surface area contributed by atoms with Crippen LogP contribution < -0.4 is 16.4 Å². The van der Waals surface area contributed by atoms with Gasteiger partial charge in [0.1, 0.15) is 17.8 Å². The van der Waals surface area contributed by atoms with Crippen LogP contribution in [0.15, 0.2) is 47.3 Å². The first-order valence-electron chi connectivity index (χ1n) is 6.72. The van der Waals surface area contributed by atoms with E-state index in [0.717, 1.165) is 5.76 Å². The normalized spacial score (nSPS) is 10.5. The van der Waals surface area contributed by atoms with E-state index in [2.05, 4.69) is 20.6 Å². The zero-order chi connectivity index (χ0) is 16.2. The Balaban J connectivity index is 1.78. The van der Waals surface area contributed by atoms with Gasteiger partial charge in [0.25, 0.3) is 0 Å². The smallest absolute Gasteiger partial charge is 0.159 e. The molecule has 2 heterocycles. The number of nitrogens with two attached hydrogens (primary N) is 1. The lowest BCUT2D eigenvalue weighted by atomic mass is 10.3. The third kappa shape index (κ3) is 3.67. The molecule has 8 heteroatoms. The highest BCUT2D eigenvalue weighted by molar-refractivity contribution is 6.36. The minimum atomic E-state index is 0.380. The predicted octanol–water partition coefficient (Wildman–Crippen LogP) is 4.31. The van der Waals surface area contributed by atoms with Gasteiger partial charge in [-0.15, -0.1) is 0 Å². The monoisotopic (exact) mass is 349 g/mol. The Labute approximate surface area is 142 Å². The lowest BCUT2D eigenvalue weighted by Gasteiger charge is -2.13. The lowest BCUT2D eigenvalue weighted by Crippen LogP contribution is -2.07. The molecule has 1 aromatic carbocycles. The summed E-state index contributed by atoms with van der Waals surface area (Å²) in [5.41, 5.74) is 7.13. The summed E-state index contributed by atoms with van der Waals surface area (Å²) in [5.74, 6) is 1.73. The van der Waals surface area contributed by atoms with E-state index >= 15 is 0 Å². The van der Waals surface area contributed by atoms with Crippen LogP contribution in [-0.2, 0) is 6.54 Å². The van der Waals surface area contributed by atoms with Crippen LogP contribution in [0.25, 0.3) is 0 Å². The van der Waals surface area contributed by atoms with Gasteiger partial charge >= 0.3 is 0 Å². The average molecular weight is 350 g/mol. The fourth-order valence-corrected chi connectivity index (χ4v) is 2.39. The average Bonchev–Trinajstić information content (AvgIpc) is 3.04. The Morgan fingerprint density at radius 3 is 2.70 bits per heavy atom. The van der Waals surface area contributed by atoms with E-state index in [1.807, 2.05) is 12.1 Å². The number of benzene rings is 1. The van der Waals surface area contributed by atoms with Gasteiger partial charge in [0.05, 0.1) is 23.5 Å². The van der Waals surface area contributed by atoms with Crippen molar-refractivity contribution < 1.29 is 4.42 Å². The summed E-state index contributed by atoms with van der Waals surface area (Å²) in [6.07, 6.45) is 3.02. The molecule has 0 unspecified atom stereocenters. The van der Waals surface area contributed by atoms with Crippen LogP contribution in [0.5, 0.6) is 0 Å². The number of halogens is 2. The number of rotatable bonds is 5. The largest absolute Gasteiger partial charge is 0.467 e. The topological polar surface area (TPSA) is 89.0 Å². The maximum atomic E-state index is 6.14. The molecule has 0 spiro atoms. The predicted molar refractivity (Wildman–Crippen MR) is 92.2 cm³/mol. The van der Waals surface area contributed by atoms with Crippen molar-refractivity contribution in [2.45, 2.75) is 6.54 Å². The fourth-order valence-electron chi connectivity index (χ4n) is 1.94. The number of hydrogen-bond donors (Lipinski definition) is 3. The maximum Gasteiger partial charge on any atom is 0.159 e. The number of nitrogen functional groups attached to an aromatic ring is 1. The molecule has 23 heavy (non-hydrogen) atoms. The standard InChI is InChI=1S/C15H13Cl2N5O/c16-9-3-4-12(11(17)6-9)22-15-13(18)14(20-8-21-15)19-7-10-2-1-5-23-10/h1-6,8H,7,18H2,(H2,19,20,21,22). The zero-order valence-electron chi connectivity index (χ0n) is 11.9. The first kappa shape index (κ1) is 15.5. The van der Waals surface area contributed by atoms with Gasteiger partial charge in [-0.3, -0.25) is 0 Å². The molecular weight excluding hydrogens is 337 g/mol. The second kappa shape index (κ2) is 6.76. The number of nitrogens with zero attached hydrogens (tertiary/aromatic N) is 2. The zero-order valence-corrected chi connectivity index (χ0v) is 13.4. The van der Waals surface area contributed by atoms with E-state index < -0.39 is 0 Å². The van der Waals surface area contributed by atoms with Crippen molar-refractivity contribution in [2.24, 2.45) is 0 Å². The highest BCUT2D eigenvalue weighted by atomic mass is 35.5. The van der Waals surface area contributed by atoms with Gasteiger partial charge in [-0.05, 0) is 30.3 Å². The van der Waals surface area contributed by atoms with Crippen molar-refractivity contribution in [3.8, 4) is 0 Å². The van der Waals surface area contributed by atoms with E-state index in [1.54, 1.807) is 24.5 Å². The number of furan rings is 1. The van der Waals surface area contributed by atoms with E-state index in [9.17, 15) is 0 Å². The van der Waals surface area contributed by atoms with Crippen molar-refractivity contribution in [1.82, 2.24) is 9.97 Å². The highest BCUT2D eigenvalue weighted by Crippen LogP contribution is 2.31. The first-order valence-corrected chi connectivity index (χ1v) is 7.48. The maximum absolute atomic E-state index is 6.14. The molecule has 0 atom stereocenters. The molecule has 2 aromatic heterocycles. The molecule has 0 aliphatic rings. The minimum absolute atomic E-state index is 0.380. The number of anilines is 4. The molecule has 118 valence electrons. The molecule has 0 radical (unpaired) electrons. The SMILES string of the molecule is Nc1c(NCc2ccco2)ncnc1Nc1ccc(Cl)cc1Cl. The molecule has 3 rings (SSSR count). The molecule has 3 aromatic rings. The molecule has 0 bridgehead atoms. The molecule has 0 fully saturated rings. The molecule has 0 saturated carbocycles. The molecule has 0 aliphatic carbocycles. The second-order valence-electron chi connectivity index (χ2n) is 4.67. The van der Waals surface area contributed by atoms with E-state index in [1.165, 1.54) is 6.33 Å². The van der Waals surface area contributed by atoms with Gasteiger partial charge in [0.15, 0.2) is 11.6 Å². The van der Waals surface area contributed by atoms with Crippen LogP contribution in [0, 0.1) is 0 Å². The van der Waals surface area contributed by atoms with E-state index in [-0.39, 0.29) is 0 Å². The Hall–Kier alpha value is -2.44. The van der Waals surface area contributed by atoms with Crippen molar-refractivity contribution in [3.63, 3.8) is 0 Å². The fraction of sp³-hybridized carbons (Fsp3) is 0.0667. The number of aromatic nitrogens is 2. The molecule has 0 saturated heterocycles. The molecule has 4 N–H and O–H groups in total. The molecule has 0 amide bonds. The van der Waals surface area contributed by atoms with Crippen molar-refractivity contribution in [2.75, 3.05) is 16.4 Å². The molecule has 0 aliphatic heterocycles. The van der Waals surface area contributed by atoms with Gasteiger partial charge in [0, 0.05) is 5.02 Å². The summed E-state index contributed by atoms with van der Waals surface area (Å²) in [7, 11) is 0. The summed E-state index contributed by atoms with van der Waals surface area (Å²) >= 11 is 12.0. The third-order valence-electron chi connectivity index (χ3n) is 3.08. The van der Waals surface area contributed by atoms with Crippen LogP contribution >= 0.6 is 23.2 Å². The second-order valence-corrected chi connectivity index (χ2v) is 5.51. The van der Waals surface area contributed by atoms with Crippen molar-refractivity contribution in [1.29, 1.82) is 0 Å².